The topological polar surface area (TPSA) is 68.4 Å². The van der Waals surface area contributed by atoms with Crippen LogP contribution >= 0.6 is 0 Å². The number of imidazole rings is 1. The molecule has 2 aromatic rings. The standard InChI is InChI=1S/C15H19N3O3/c1-3-20-13-7-11-12(8-14(13)21-4-1)18-15(17-11)6-10-9-19-5-2-16-10/h7-8,10,16H,1-6,9H2,(H,17,18). The molecule has 2 aliphatic heterocycles. The first-order valence-corrected chi connectivity index (χ1v) is 7.48. The van der Waals surface area contributed by atoms with Gasteiger partial charge in [-0.15, -0.1) is 0 Å². The number of fused-ring (bicyclic) bond motifs is 2. The molecule has 6 heteroatoms. The Morgan fingerprint density at radius 1 is 1.14 bits per heavy atom. The summed E-state index contributed by atoms with van der Waals surface area (Å²) < 4.78 is 16.9. The predicted octanol–water partition coefficient (Wildman–Crippen LogP) is 1.26. The van der Waals surface area contributed by atoms with Crippen LogP contribution in [0.3, 0.4) is 0 Å². The molecule has 4 rings (SSSR count). The Bertz CT molecular complexity index is 591. The minimum absolute atomic E-state index is 0.324. The quantitative estimate of drug-likeness (QED) is 0.871. The maximum atomic E-state index is 5.71. The van der Waals surface area contributed by atoms with Gasteiger partial charge in [-0.3, -0.25) is 0 Å². The molecule has 2 aliphatic rings. The van der Waals surface area contributed by atoms with E-state index in [9.17, 15) is 0 Å². The molecule has 1 saturated heterocycles. The lowest BCUT2D eigenvalue weighted by Gasteiger charge is -2.22. The molecule has 1 aromatic carbocycles. The van der Waals surface area contributed by atoms with Crippen molar-refractivity contribution in [2.45, 2.75) is 18.9 Å². The predicted molar refractivity (Wildman–Crippen MR) is 78.0 cm³/mol. The summed E-state index contributed by atoms with van der Waals surface area (Å²) in [5.74, 6) is 2.56. The van der Waals surface area contributed by atoms with Crippen LogP contribution in [0.5, 0.6) is 11.5 Å². The fourth-order valence-electron chi connectivity index (χ4n) is 2.80. The minimum atomic E-state index is 0.324. The summed E-state index contributed by atoms with van der Waals surface area (Å²) in [5.41, 5.74) is 1.91. The van der Waals surface area contributed by atoms with Crippen LogP contribution in [-0.2, 0) is 11.2 Å². The van der Waals surface area contributed by atoms with Gasteiger partial charge in [0.15, 0.2) is 11.5 Å². The van der Waals surface area contributed by atoms with Crippen LogP contribution < -0.4 is 14.8 Å². The van der Waals surface area contributed by atoms with Crippen molar-refractivity contribution in [3.8, 4) is 11.5 Å². The van der Waals surface area contributed by atoms with Gasteiger partial charge in [0.05, 0.1) is 37.5 Å². The van der Waals surface area contributed by atoms with Gasteiger partial charge >= 0.3 is 0 Å². The van der Waals surface area contributed by atoms with Gasteiger partial charge in [0, 0.05) is 37.6 Å². The smallest absolute Gasteiger partial charge is 0.163 e. The van der Waals surface area contributed by atoms with Gasteiger partial charge in [0.1, 0.15) is 5.82 Å². The summed E-state index contributed by atoms with van der Waals surface area (Å²) in [6.45, 7) is 3.82. The number of hydrogen-bond donors (Lipinski definition) is 2. The zero-order valence-electron chi connectivity index (χ0n) is 11.9. The average Bonchev–Trinajstić information content (AvgIpc) is 2.74. The third-order valence-corrected chi connectivity index (χ3v) is 3.84. The van der Waals surface area contributed by atoms with Gasteiger partial charge in [-0.25, -0.2) is 4.98 Å². The Hall–Kier alpha value is -1.79. The number of ether oxygens (including phenoxy) is 3. The van der Waals surface area contributed by atoms with E-state index in [1.54, 1.807) is 0 Å². The van der Waals surface area contributed by atoms with Crippen LogP contribution in [0.15, 0.2) is 12.1 Å². The van der Waals surface area contributed by atoms with Crippen molar-refractivity contribution >= 4 is 11.0 Å². The third kappa shape index (κ3) is 2.69. The Morgan fingerprint density at radius 2 is 2.00 bits per heavy atom. The summed E-state index contributed by atoms with van der Waals surface area (Å²) in [6.07, 6.45) is 1.75. The second-order valence-corrected chi connectivity index (χ2v) is 5.48. The zero-order valence-corrected chi connectivity index (χ0v) is 11.9. The van der Waals surface area contributed by atoms with Gasteiger partial charge in [-0.1, -0.05) is 0 Å². The summed E-state index contributed by atoms with van der Waals surface area (Å²) in [5, 5.41) is 3.44. The molecule has 1 atom stereocenters. The molecule has 1 unspecified atom stereocenters. The summed E-state index contributed by atoms with van der Waals surface area (Å²) in [4.78, 5) is 8.03. The second kappa shape index (κ2) is 5.54. The van der Waals surface area contributed by atoms with E-state index < -0.39 is 0 Å². The van der Waals surface area contributed by atoms with Crippen LogP contribution in [0.25, 0.3) is 11.0 Å². The SMILES string of the molecule is c1c2c(cc3[nH]c(CC4COCCN4)nc13)OCCCO2. The molecule has 3 heterocycles. The van der Waals surface area contributed by atoms with E-state index in [0.717, 1.165) is 61.0 Å². The number of morpholine rings is 1. The summed E-state index contributed by atoms with van der Waals surface area (Å²) >= 11 is 0. The largest absolute Gasteiger partial charge is 0.489 e. The summed E-state index contributed by atoms with van der Waals surface area (Å²) in [7, 11) is 0. The molecule has 0 aliphatic carbocycles. The number of nitrogens with zero attached hydrogens (tertiary/aromatic N) is 1. The van der Waals surface area contributed by atoms with Gasteiger partial charge < -0.3 is 24.5 Å². The molecular formula is C15H19N3O3. The molecule has 1 fully saturated rings. The molecule has 0 amide bonds. The van der Waals surface area contributed by atoms with E-state index in [0.29, 0.717) is 19.3 Å². The first kappa shape index (κ1) is 12.9. The van der Waals surface area contributed by atoms with Crippen LogP contribution in [0.1, 0.15) is 12.2 Å². The highest BCUT2D eigenvalue weighted by molar-refractivity contribution is 5.79. The normalized spacial score (nSPS) is 22.2. The van der Waals surface area contributed by atoms with Crippen molar-refractivity contribution in [2.24, 2.45) is 0 Å². The zero-order chi connectivity index (χ0) is 14.1. The number of hydrogen-bond acceptors (Lipinski definition) is 5. The van der Waals surface area contributed by atoms with E-state index in [-0.39, 0.29) is 0 Å². The Morgan fingerprint density at radius 3 is 2.81 bits per heavy atom. The molecular weight excluding hydrogens is 270 g/mol. The number of aromatic amines is 1. The van der Waals surface area contributed by atoms with E-state index >= 15 is 0 Å². The maximum absolute atomic E-state index is 5.71. The van der Waals surface area contributed by atoms with Crippen molar-refractivity contribution in [1.29, 1.82) is 0 Å². The molecule has 21 heavy (non-hydrogen) atoms. The van der Waals surface area contributed by atoms with E-state index in [2.05, 4.69) is 15.3 Å². The molecule has 112 valence electrons. The molecule has 2 N–H and O–H groups in total. The molecule has 0 spiro atoms. The lowest BCUT2D eigenvalue weighted by Crippen LogP contribution is -2.42. The van der Waals surface area contributed by atoms with E-state index in [1.807, 2.05) is 12.1 Å². The molecule has 1 aromatic heterocycles. The number of aromatic nitrogens is 2. The van der Waals surface area contributed by atoms with Crippen LogP contribution in [0.4, 0.5) is 0 Å². The molecule has 0 radical (unpaired) electrons. The van der Waals surface area contributed by atoms with Crippen LogP contribution in [0.2, 0.25) is 0 Å². The number of H-pyrrole nitrogens is 1. The van der Waals surface area contributed by atoms with E-state index in [1.165, 1.54) is 0 Å². The number of rotatable bonds is 2. The highest BCUT2D eigenvalue weighted by Crippen LogP contribution is 2.33. The monoisotopic (exact) mass is 289 g/mol. The highest BCUT2D eigenvalue weighted by Gasteiger charge is 2.17. The van der Waals surface area contributed by atoms with Gasteiger partial charge in [-0.05, 0) is 0 Å². The Balaban J connectivity index is 1.60. The Kier molecular flexibility index (Phi) is 3.40. The van der Waals surface area contributed by atoms with Crippen molar-refractivity contribution in [2.75, 3.05) is 33.0 Å². The summed E-state index contributed by atoms with van der Waals surface area (Å²) in [6, 6.07) is 4.27. The van der Waals surface area contributed by atoms with Crippen molar-refractivity contribution < 1.29 is 14.2 Å². The van der Waals surface area contributed by atoms with Crippen LogP contribution in [-0.4, -0.2) is 49.0 Å². The highest BCUT2D eigenvalue weighted by atomic mass is 16.5. The third-order valence-electron chi connectivity index (χ3n) is 3.84. The van der Waals surface area contributed by atoms with Gasteiger partial charge in [-0.2, -0.15) is 0 Å². The fourth-order valence-corrected chi connectivity index (χ4v) is 2.80. The molecule has 0 bridgehead atoms. The van der Waals surface area contributed by atoms with Gasteiger partial charge in [0.2, 0.25) is 0 Å². The van der Waals surface area contributed by atoms with E-state index in [4.69, 9.17) is 14.2 Å². The van der Waals surface area contributed by atoms with Crippen molar-refractivity contribution in [1.82, 2.24) is 15.3 Å². The molecule has 6 nitrogen and oxygen atoms in total. The Labute approximate surface area is 122 Å². The van der Waals surface area contributed by atoms with Crippen molar-refractivity contribution in [3.05, 3.63) is 18.0 Å². The first-order valence-electron chi connectivity index (χ1n) is 7.48. The maximum Gasteiger partial charge on any atom is 0.163 e. The van der Waals surface area contributed by atoms with Crippen LogP contribution in [0, 0.1) is 0 Å². The fraction of sp³-hybridized carbons (Fsp3) is 0.533. The molecule has 0 saturated carbocycles. The first-order chi connectivity index (χ1) is 10.4. The number of benzene rings is 1. The minimum Gasteiger partial charge on any atom is -0.489 e. The average molecular weight is 289 g/mol. The number of nitrogens with one attached hydrogen (secondary N) is 2. The second-order valence-electron chi connectivity index (χ2n) is 5.48. The lowest BCUT2D eigenvalue weighted by atomic mass is 10.2. The van der Waals surface area contributed by atoms with Crippen molar-refractivity contribution in [3.63, 3.8) is 0 Å². The van der Waals surface area contributed by atoms with Gasteiger partial charge in [0.25, 0.3) is 0 Å². The lowest BCUT2D eigenvalue weighted by molar-refractivity contribution is 0.0765.